The van der Waals surface area contributed by atoms with Crippen LogP contribution in [0.25, 0.3) is 21.6 Å². The van der Waals surface area contributed by atoms with Crippen LogP contribution in [-0.4, -0.2) is 15.0 Å². The molecule has 0 fully saturated rings. The van der Waals surface area contributed by atoms with E-state index in [9.17, 15) is 0 Å². The third-order valence-electron chi connectivity index (χ3n) is 3.52. The Hall–Kier alpha value is -2.50. The van der Waals surface area contributed by atoms with Crippen LogP contribution in [0.3, 0.4) is 0 Å². The monoisotopic (exact) mass is 352 g/mol. The topological polar surface area (TPSA) is 50.7 Å². The molecule has 0 spiro atoms. The van der Waals surface area contributed by atoms with Crippen molar-refractivity contribution in [2.75, 3.05) is 5.32 Å². The van der Waals surface area contributed by atoms with E-state index in [0.717, 1.165) is 27.3 Å². The molecule has 0 bridgehead atoms. The Kier molecular flexibility index (Phi) is 3.88. The normalized spacial score (nSPS) is 10.9. The van der Waals surface area contributed by atoms with Crippen LogP contribution in [0.5, 0.6) is 0 Å². The maximum atomic E-state index is 6.08. The second kappa shape index (κ2) is 6.19. The van der Waals surface area contributed by atoms with Crippen molar-refractivity contribution in [2.45, 2.75) is 6.92 Å². The zero-order valence-electron chi connectivity index (χ0n) is 12.8. The Balaban J connectivity index is 1.86. The van der Waals surface area contributed by atoms with Gasteiger partial charge in [0.25, 0.3) is 0 Å². The number of benzene rings is 1. The van der Waals surface area contributed by atoms with E-state index >= 15 is 0 Å². The summed E-state index contributed by atoms with van der Waals surface area (Å²) >= 11 is 7.73. The summed E-state index contributed by atoms with van der Waals surface area (Å²) in [6, 6.07) is 13.5. The van der Waals surface area contributed by atoms with E-state index in [1.165, 1.54) is 4.88 Å². The number of rotatable bonds is 3. The van der Waals surface area contributed by atoms with Gasteiger partial charge in [-0.2, -0.15) is 0 Å². The van der Waals surface area contributed by atoms with Gasteiger partial charge in [-0.15, -0.1) is 11.3 Å². The maximum absolute atomic E-state index is 6.08. The van der Waals surface area contributed by atoms with Gasteiger partial charge in [-0.1, -0.05) is 17.7 Å². The molecule has 4 nitrogen and oxygen atoms in total. The molecule has 0 saturated heterocycles. The van der Waals surface area contributed by atoms with E-state index in [0.29, 0.717) is 10.8 Å². The number of fused-ring (bicyclic) bond motifs is 1. The van der Waals surface area contributed by atoms with Crippen LogP contribution in [0.2, 0.25) is 5.02 Å². The number of aryl methyl sites for hydroxylation is 1. The molecule has 4 rings (SSSR count). The fraction of sp³-hybridized carbons (Fsp3) is 0.0556. The molecule has 4 aromatic rings. The number of nitrogens with zero attached hydrogens (tertiary/aromatic N) is 3. The summed E-state index contributed by atoms with van der Waals surface area (Å²) in [5.74, 6) is 1.42. The lowest BCUT2D eigenvalue weighted by molar-refractivity contribution is 1.21. The van der Waals surface area contributed by atoms with Gasteiger partial charge in [0.2, 0.25) is 0 Å². The Bertz CT molecular complexity index is 1010. The third-order valence-corrected chi connectivity index (χ3v) is 4.70. The molecule has 0 atom stereocenters. The average molecular weight is 353 g/mol. The molecule has 0 aliphatic heterocycles. The van der Waals surface area contributed by atoms with Gasteiger partial charge in [-0.25, -0.2) is 9.97 Å². The minimum atomic E-state index is 0.655. The van der Waals surface area contributed by atoms with Crippen LogP contribution in [0.1, 0.15) is 4.88 Å². The molecular formula is C18H13ClN4S. The molecule has 0 radical (unpaired) electrons. The van der Waals surface area contributed by atoms with Crippen molar-refractivity contribution in [3.63, 3.8) is 0 Å². The predicted octanol–water partition coefficient (Wildman–Crippen LogP) is 5.46. The van der Waals surface area contributed by atoms with Crippen LogP contribution in [0.15, 0.2) is 54.9 Å². The molecule has 0 amide bonds. The first kappa shape index (κ1) is 15.1. The molecule has 0 unspecified atom stereocenters. The minimum Gasteiger partial charge on any atom is -0.340 e. The number of nitrogens with one attached hydrogen (secondary N) is 1. The van der Waals surface area contributed by atoms with Crippen LogP contribution in [0, 0.1) is 6.92 Å². The largest absolute Gasteiger partial charge is 0.340 e. The third kappa shape index (κ3) is 2.96. The summed E-state index contributed by atoms with van der Waals surface area (Å²) in [6.07, 6.45) is 3.51. The standard InChI is InChI=1S/C18H13ClN4S/c1-11-8-15-17(21-14-6-2-5-13(19)9-14)22-16(23-18(15)24-11)12-4-3-7-20-10-12/h2-10H,1H3,(H,21,22,23). The van der Waals surface area contributed by atoms with Gasteiger partial charge in [-0.3, -0.25) is 4.98 Å². The smallest absolute Gasteiger partial charge is 0.164 e. The Morgan fingerprint density at radius 2 is 2.00 bits per heavy atom. The highest BCUT2D eigenvalue weighted by Gasteiger charge is 2.12. The fourth-order valence-electron chi connectivity index (χ4n) is 2.46. The number of halogens is 1. The van der Waals surface area contributed by atoms with Crippen LogP contribution in [0.4, 0.5) is 11.5 Å². The average Bonchev–Trinajstić information content (AvgIpc) is 2.96. The van der Waals surface area contributed by atoms with Crippen LogP contribution in [-0.2, 0) is 0 Å². The number of hydrogen-bond donors (Lipinski definition) is 1. The summed E-state index contributed by atoms with van der Waals surface area (Å²) in [4.78, 5) is 15.7. The molecule has 1 aromatic carbocycles. The molecule has 0 saturated carbocycles. The van der Waals surface area contributed by atoms with E-state index in [-0.39, 0.29) is 0 Å². The molecular weight excluding hydrogens is 340 g/mol. The lowest BCUT2D eigenvalue weighted by atomic mass is 10.2. The summed E-state index contributed by atoms with van der Waals surface area (Å²) in [5.41, 5.74) is 1.78. The van der Waals surface area contributed by atoms with Crippen LogP contribution >= 0.6 is 22.9 Å². The molecule has 1 N–H and O–H groups in total. The zero-order valence-corrected chi connectivity index (χ0v) is 14.4. The van der Waals surface area contributed by atoms with Crippen LogP contribution < -0.4 is 5.32 Å². The Morgan fingerprint density at radius 3 is 2.79 bits per heavy atom. The second-order valence-corrected chi connectivity index (χ2v) is 7.02. The van der Waals surface area contributed by atoms with Gasteiger partial charge < -0.3 is 5.32 Å². The highest BCUT2D eigenvalue weighted by molar-refractivity contribution is 7.18. The van der Waals surface area contributed by atoms with Crippen molar-refractivity contribution in [3.05, 3.63) is 64.8 Å². The van der Waals surface area contributed by atoms with E-state index in [1.807, 2.05) is 36.4 Å². The molecule has 24 heavy (non-hydrogen) atoms. The van der Waals surface area contributed by atoms with Gasteiger partial charge in [0.1, 0.15) is 10.6 Å². The molecule has 3 heterocycles. The molecule has 0 aliphatic rings. The van der Waals surface area contributed by atoms with E-state index in [4.69, 9.17) is 16.6 Å². The van der Waals surface area contributed by atoms with Gasteiger partial charge in [0.05, 0.1) is 5.39 Å². The lowest BCUT2D eigenvalue weighted by Crippen LogP contribution is -1.98. The highest BCUT2D eigenvalue weighted by atomic mass is 35.5. The number of anilines is 2. The fourth-order valence-corrected chi connectivity index (χ4v) is 3.53. The van der Waals surface area contributed by atoms with E-state index in [2.05, 4.69) is 28.3 Å². The molecule has 3 aromatic heterocycles. The first-order chi connectivity index (χ1) is 11.7. The Morgan fingerprint density at radius 1 is 1.08 bits per heavy atom. The lowest BCUT2D eigenvalue weighted by Gasteiger charge is -2.09. The highest BCUT2D eigenvalue weighted by Crippen LogP contribution is 2.32. The zero-order chi connectivity index (χ0) is 16.5. The Labute approximate surface area is 148 Å². The van der Waals surface area contributed by atoms with Gasteiger partial charge in [0, 0.05) is 33.5 Å². The molecule has 0 aliphatic carbocycles. The summed E-state index contributed by atoms with van der Waals surface area (Å²) in [6.45, 7) is 2.07. The van der Waals surface area contributed by atoms with Crippen molar-refractivity contribution in [3.8, 4) is 11.4 Å². The SMILES string of the molecule is Cc1cc2c(Nc3cccc(Cl)c3)nc(-c3cccnc3)nc2s1. The van der Waals surface area contributed by atoms with Gasteiger partial charge in [0.15, 0.2) is 5.82 Å². The van der Waals surface area contributed by atoms with Crippen molar-refractivity contribution in [1.29, 1.82) is 0 Å². The summed E-state index contributed by atoms with van der Waals surface area (Å²) in [7, 11) is 0. The second-order valence-electron chi connectivity index (χ2n) is 5.35. The minimum absolute atomic E-state index is 0.655. The predicted molar refractivity (Wildman–Crippen MR) is 100 cm³/mol. The summed E-state index contributed by atoms with van der Waals surface area (Å²) in [5, 5.41) is 5.05. The van der Waals surface area contributed by atoms with Crippen molar-refractivity contribution in [1.82, 2.24) is 15.0 Å². The first-order valence-electron chi connectivity index (χ1n) is 7.40. The molecule has 6 heteroatoms. The van der Waals surface area contributed by atoms with E-state index < -0.39 is 0 Å². The van der Waals surface area contributed by atoms with Gasteiger partial charge >= 0.3 is 0 Å². The van der Waals surface area contributed by atoms with Crippen molar-refractivity contribution in [2.24, 2.45) is 0 Å². The number of aromatic nitrogens is 3. The quantitative estimate of drug-likeness (QED) is 0.532. The number of hydrogen-bond acceptors (Lipinski definition) is 5. The van der Waals surface area contributed by atoms with Crippen molar-refractivity contribution >= 4 is 44.7 Å². The molecule has 118 valence electrons. The van der Waals surface area contributed by atoms with E-state index in [1.54, 1.807) is 23.7 Å². The summed E-state index contributed by atoms with van der Waals surface area (Å²) < 4.78 is 0. The number of pyridine rings is 1. The number of thiophene rings is 1. The maximum Gasteiger partial charge on any atom is 0.164 e. The first-order valence-corrected chi connectivity index (χ1v) is 8.60. The van der Waals surface area contributed by atoms with Gasteiger partial charge in [-0.05, 0) is 43.3 Å². The van der Waals surface area contributed by atoms with Crippen molar-refractivity contribution < 1.29 is 0 Å².